The molecule has 0 aliphatic heterocycles. The molecule has 4 nitrogen and oxygen atoms in total. The first-order chi connectivity index (χ1) is 9.22. The molecule has 0 unspecified atom stereocenters. The highest BCUT2D eigenvalue weighted by Gasteiger charge is 2.45. The molecule has 0 saturated heterocycles. The Balaban J connectivity index is 2.18. The summed E-state index contributed by atoms with van der Waals surface area (Å²) in [6.07, 6.45) is 4.66. The maximum atomic E-state index is 11.1. The van der Waals surface area contributed by atoms with Gasteiger partial charge in [-0.05, 0) is 24.2 Å². The van der Waals surface area contributed by atoms with Gasteiger partial charge in [0.25, 0.3) is 0 Å². The fraction of sp³-hybridized carbons (Fsp3) is 0.875. The highest BCUT2D eigenvalue weighted by atomic mass is 16.5. The van der Waals surface area contributed by atoms with E-state index in [2.05, 4.69) is 30.9 Å². The van der Waals surface area contributed by atoms with Gasteiger partial charge >= 0.3 is 0 Å². The number of hydrogen-bond acceptors (Lipinski definition) is 4. The Bertz CT molecular complexity index is 448. The first-order valence-corrected chi connectivity index (χ1v) is 7.77. The molecule has 1 aliphatic rings. The van der Waals surface area contributed by atoms with Gasteiger partial charge in [0.2, 0.25) is 5.89 Å². The van der Waals surface area contributed by atoms with E-state index < -0.39 is 5.60 Å². The van der Waals surface area contributed by atoms with Crippen molar-refractivity contribution in [1.82, 2.24) is 10.1 Å². The summed E-state index contributed by atoms with van der Waals surface area (Å²) in [5.41, 5.74) is -0.618. The summed E-state index contributed by atoms with van der Waals surface area (Å²) in [5.74, 6) is 1.84. The van der Waals surface area contributed by atoms with Crippen LogP contribution >= 0.6 is 0 Å². The number of nitrogens with zero attached hydrogens (tertiary/aromatic N) is 2. The monoisotopic (exact) mass is 280 g/mol. The number of aromatic nitrogens is 2. The lowest BCUT2D eigenvalue weighted by atomic mass is 9.63. The van der Waals surface area contributed by atoms with Crippen molar-refractivity contribution in [3.8, 4) is 0 Å². The van der Waals surface area contributed by atoms with E-state index in [9.17, 15) is 5.11 Å². The molecule has 20 heavy (non-hydrogen) atoms. The van der Waals surface area contributed by atoms with E-state index in [0.29, 0.717) is 12.3 Å². The molecule has 1 N–H and O–H groups in total. The van der Waals surface area contributed by atoms with Crippen LogP contribution in [0.1, 0.15) is 77.9 Å². The summed E-state index contributed by atoms with van der Waals surface area (Å²) < 4.78 is 5.33. The van der Waals surface area contributed by atoms with Crippen LogP contribution in [0.4, 0.5) is 0 Å². The molecule has 4 heteroatoms. The maximum Gasteiger partial charge on any atom is 0.229 e. The highest BCUT2D eigenvalue weighted by Crippen LogP contribution is 2.45. The first kappa shape index (κ1) is 15.5. The second kappa shape index (κ2) is 5.47. The van der Waals surface area contributed by atoms with E-state index >= 15 is 0 Å². The SMILES string of the molecule is CC(C)c1noc(C[C@@]2(O)CCCC[C@H]2C(C)(C)C)n1. The number of hydrogen-bond donors (Lipinski definition) is 1. The zero-order chi connectivity index (χ0) is 15.0. The van der Waals surface area contributed by atoms with Crippen LogP contribution in [0.25, 0.3) is 0 Å². The topological polar surface area (TPSA) is 59.2 Å². The minimum absolute atomic E-state index is 0.0933. The Morgan fingerprint density at radius 3 is 2.60 bits per heavy atom. The highest BCUT2D eigenvalue weighted by molar-refractivity contribution is 5.02. The second-order valence-electron chi connectivity index (χ2n) is 7.65. The molecule has 1 aromatic rings. The Kier molecular flexibility index (Phi) is 4.24. The van der Waals surface area contributed by atoms with Gasteiger partial charge in [-0.25, -0.2) is 0 Å². The van der Waals surface area contributed by atoms with Crippen LogP contribution in [-0.4, -0.2) is 20.8 Å². The molecule has 0 radical (unpaired) electrons. The van der Waals surface area contributed by atoms with Gasteiger partial charge in [-0.3, -0.25) is 0 Å². The minimum atomic E-state index is -0.711. The third-order valence-corrected chi connectivity index (χ3v) is 4.50. The average molecular weight is 280 g/mol. The largest absolute Gasteiger partial charge is 0.389 e. The molecule has 2 atom stereocenters. The molecule has 0 spiro atoms. The second-order valence-corrected chi connectivity index (χ2v) is 7.65. The third kappa shape index (κ3) is 3.22. The van der Waals surface area contributed by atoms with Gasteiger partial charge in [-0.1, -0.05) is 52.6 Å². The van der Waals surface area contributed by atoms with E-state index in [1.165, 1.54) is 6.42 Å². The molecule has 114 valence electrons. The lowest BCUT2D eigenvalue weighted by molar-refractivity contribution is -0.0926. The van der Waals surface area contributed by atoms with Crippen LogP contribution in [0.2, 0.25) is 0 Å². The van der Waals surface area contributed by atoms with E-state index in [4.69, 9.17) is 4.52 Å². The predicted molar refractivity (Wildman–Crippen MR) is 78.5 cm³/mol. The molecular weight excluding hydrogens is 252 g/mol. The number of aliphatic hydroxyl groups is 1. The normalized spacial score (nSPS) is 28.1. The summed E-state index contributed by atoms with van der Waals surface area (Å²) in [6.45, 7) is 10.7. The molecule has 0 aromatic carbocycles. The van der Waals surface area contributed by atoms with Crippen molar-refractivity contribution in [2.24, 2.45) is 11.3 Å². The smallest absolute Gasteiger partial charge is 0.229 e. The molecular formula is C16H28N2O2. The van der Waals surface area contributed by atoms with Gasteiger partial charge in [0.05, 0.1) is 12.0 Å². The van der Waals surface area contributed by atoms with E-state index in [0.717, 1.165) is 25.1 Å². The van der Waals surface area contributed by atoms with Gasteiger partial charge in [-0.15, -0.1) is 0 Å². The lowest BCUT2D eigenvalue weighted by Gasteiger charge is -2.46. The van der Waals surface area contributed by atoms with E-state index in [1.807, 2.05) is 13.8 Å². The van der Waals surface area contributed by atoms with Crippen molar-refractivity contribution in [2.75, 3.05) is 0 Å². The zero-order valence-electron chi connectivity index (χ0n) is 13.4. The van der Waals surface area contributed by atoms with Crippen molar-refractivity contribution < 1.29 is 9.63 Å². The quantitative estimate of drug-likeness (QED) is 0.917. The number of rotatable bonds is 3. The van der Waals surface area contributed by atoms with Gasteiger partial charge < -0.3 is 9.63 Å². The summed E-state index contributed by atoms with van der Waals surface area (Å²) in [4.78, 5) is 4.43. The summed E-state index contributed by atoms with van der Waals surface area (Å²) >= 11 is 0. The van der Waals surface area contributed by atoms with Gasteiger partial charge in [0.15, 0.2) is 5.82 Å². The van der Waals surface area contributed by atoms with Crippen molar-refractivity contribution >= 4 is 0 Å². The third-order valence-electron chi connectivity index (χ3n) is 4.50. The Labute approximate surface area is 122 Å². The molecule has 0 bridgehead atoms. The van der Waals surface area contributed by atoms with Crippen molar-refractivity contribution in [2.45, 2.75) is 78.2 Å². The van der Waals surface area contributed by atoms with Crippen LogP contribution < -0.4 is 0 Å². The predicted octanol–water partition coefficient (Wildman–Crippen LogP) is 3.70. The Morgan fingerprint density at radius 2 is 2.05 bits per heavy atom. The fourth-order valence-corrected chi connectivity index (χ4v) is 3.51. The maximum absolute atomic E-state index is 11.1. The van der Waals surface area contributed by atoms with Crippen LogP contribution in [-0.2, 0) is 6.42 Å². The average Bonchev–Trinajstić information content (AvgIpc) is 2.75. The molecule has 0 amide bonds. The summed E-state index contributed by atoms with van der Waals surface area (Å²) in [6, 6.07) is 0. The van der Waals surface area contributed by atoms with Gasteiger partial charge in [-0.2, -0.15) is 4.98 Å². The molecule has 1 aliphatic carbocycles. The summed E-state index contributed by atoms with van der Waals surface area (Å²) in [5, 5.41) is 15.1. The van der Waals surface area contributed by atoms with Crippen molar-refractivity contribution in [3.63, 3.8) is 0 Å². The lowest BCUT2D eigenvalue weighted by Crippen LogP contribution is -2.48. The molecule has 1 heterocycles. The molecule has 2 rings (SSSR count). The van der Waals surface area contributed by atoms with E-state index in [1.54, 1.807) is 0 Å². The van der Waals surface area contributed by atoms with Crippen molar-refractivity contribution in [1.29, 1.82) is 0 Å². The standard InChI is InChI=1S/C16H28N2O2/c1-11(2)14-17-13(20-18-14)10-16(19)9-7-6-8-12(16)15(3,4)5/h11-12,19H,6-10H2,1-5H3/t12-,16-/m0/s1. The Morgan fingerprint density at radius 1 is 1.35 bits per heavy atom. The van der Waals surface area contributed by atoms with Crippen LogP contribution in [0.15, 0.2) is 4.52 Å². The molecule has 1 saturated carbocycles. The Hall–Kier alpha value is -0.900. The molecule has 1 fully saturated rings. The summed E-state index contributed by atoms with van der Waals surface area (Å²) in [7, 11) is 0. The van der Waals surface area contributed by atoms with Crippen LogP contribution in [0, 0.1) is 11.3 Å². The molecule has 1 aromatic heterocycles. The fourth-order valence-electron chi connectivity index (χ4n) is 3.51. The zero-order valence-corrected chi connectivity index (χ0v) is 13.4. The first-order valence-electron chi connectivity index (χ1n) is 7.77. The van der Waals surface area contributed by atoms with Gasteiger partial charge in [0.1, 0.15) is 0 Å². The van der Waals surface area contributed by atoms with Crippen molar-refractivity contribution in [3.05, 3.63) is 11.7 Å². The van der Waals surface area contributed by atoms with E-state index in [-0.39, 0.29) is 17.3 Å². The van der Waals surface area contributed by atoms with Gasteiger partial charge in [0, 0.05) is 5.92 Å². The van der Waals surface area contributed by atoms with Crippen LogP contribution in [0.3, 0.4) is 0 Å². The van der Waals surface area contributed by atoms with Crippen LogP contribution in [0.5, 0.6) is 0 Å². The minimum Gasteiger partial charge on any atom is -0.389 e.